The van der Waals surface area contributed by atoms with Crippen LogP contribution in [0.4, 0.5) is 5.95 Å². The number of hydrogen-bond acceptors (Lipinski definition) is 7. The highest BCUT2D eigenvalue weighted by Gasteiger charge is 2.24. The van der Waals surface area contributed by atoms with Crippen LogP contribution in [0.15, 0.2) is 23.3 Å². The monoisotopic (exact) mass is 398 g/mol. The highest BCUT2D eigenvalue weighted by atomic mass is 16.5. The SMILES string of the molecule is COCCc1ncc(CN2CCCC(c3cc(=O)[nH]c(N4CCCC4)n3)C2)cn1. The van der Waals surface area contributed by atoms with Crippen molar-refractivity contribution in [3.05, 3.63) is 45.9 Å². The summed E-state index contributed by atoms with van der Waals surface area (Å²) < 4.78 is 5.08. The number of H-pyrrole nitrogens is 1. The second-order valence-electron chi connectivity index (χ2n) is 8.01. The smallest absolute Gasteiger partial charge is 0.252 e. The van der Waals surface area contributed by atoms with Crippen molar-refractivity contribution in [1.29, 1.82) is 0 Å². The molecule has 0 amide bonds. The van der Waals surface area contributed by atoms with E-state index >= 15 is 0 Å². The summed E-state index contributed by atoms with van der Waals surface area (Å²) in [5, 5.41) is 0. The molecule has 2 aliphatic heterocycles. The van der Waals surface area contributed by atoms with E-state index in [0.29, 0.717) is 6.61 Å². The van der Waals surface area contributed by atoms with E-state index in [-0.39, 0.29) is 11.5 Å². The van der Waals surface area contributed by atoms with Gasteiger partial charge in [-0.1, -0.05) is 0 Å². The van der Waals surface area contributed by atoms with Crippen molar-refractivity contribution >= 4 is 5.95 Å². The first-order valence-electron chi connectivity index (χ1n) is 10.6. The number of anilines is 1. The van der Waals surface area contributed by atoms with E-state index in [0.717, 1.165) is 87.9 Å². The number of hydrogen-bond donors (Lipinski definition) is 1. The molecule has 0 bridgehead atoms. The second kappa shape index (κ2) is 9.45. The van der Waals surface area contributed by atoms with Gasteiger partial charge < -0.3 is 9.64 Å². The van der Waals surface area contributed by atoms with Crippen LogP contribution in [0, 0.1) is 0 Å². The number of aromatic nitrogens is 4. The summed E-state index contributed by atoms with van der Waals surface area (Å²) >= 11 is 0. The minimum Gasteiger partial charge on any atom is -0.384 e. The van der Waals surface area contributed by atoms with Crippen molar-refractivity contribution in [2.45, 2.75) is 44.6 Å². The van der Waals surface area contributed by atoms with Gasteiger partial charge in [0.25, 0.3) is 5.56 Å². The maximum Gasteiger partial charge on any atom is 0.252 e. The molecular formula is C21H30N6O2. The summed E-state index contributed by atoms with van der Waals surface area (Å²) in [6, 6.07) is 1.68. The molecule has 0 saturated carbocycles. The summed E-state index contributed by atoms with van der Waals surface area (Å²) in [7, 11) is 1.69. The molecule has 8 heteroatoms. The zero-order valence-corrected chi connectivity index (χ0v) is 17.1. The third kappa shape index (κ3) is 5.19. The van der Waals surface area contributed by atoms with Crippen molar-refractivity contribution in [1.82, 2.24) is 24.8 Å². The van der Waals surface area contributed by atoms with E-state index in [2.05, 4.69) is 24.8 Å². The van der Waals surface area contributed by atoms with Crippen molar-refractivity contribution in [3.63, 3.8) is 0 Å². The first-order valence-corrected chi connectivity index (χ1v) is 10.6. The van der Waals surface area contributed by atoms with Crippen LogP contribution in [0.3, 0.4) is 0 Å². The molecule has 4 rings (SSSR count). The number of ether oxygens (including phenoxy) is 1. The lowest BCUT2D eigenvalue weighted by Gasteiger charge is -2.32. The fourth-order valence-corrected chi connectivity index (χ4v) is 4.24. The van der Waals surface area contributed by atoms with Crippen LogP contribution < -0.4 is 10.5 Å². The average Bonchev–Trinajstić information content (AvgIpc) is 3.28. The molecule has 2 aromatic rings. The van der Waals surface area contributed by atoms with Gasteiger partial charge in [-0.2, -0.15) is 0 Å². The number of likely N-dealkylation sites (tertiary alicyclic amines) is 1. The number of methoxy groups -OCH3 is 1. The Labute approximate surface area is 171 Å². The fraction of sp³-hybridized carbons (Fsp3) is 0.619. The molecule has 0 aliphatic carbocycles. The zero-order chi connectivity index (χ0) is 20.1. The van der Waals surface area contributed by atoms with Gasteiger partial charge in [-0.05, 0) is 32.2 Å². The number of aromatic amines is 1. The standard InChI is InChI=1S/C21H30N6O2/c1-29-10-6-19-22-12-16(13-23-19)14-26-7-4-5-17(15-26)18-11-20(28)25-21(24-18)27-8-2-3-9-27/h11-13,17H,2-10,14-15H2,1H3,(H,24,25,28). The first kappa shape index (κ1) is 20.0. The normalized spacial score (nSPS) is 20.3. The molecule has 0 radical (unpaired) electrons. The van der Waals surface area contributed by atoms with E-state index < -0.39 is 0 Å². The minimum atomic E-state index is -0.0472. The molecule has 1 atom stereocenters. The molecule has 1 unspecified atom stereocenters. The van der Waals surface area contributed by atoms with Crippen molar-refractivity contribution in [2.24, 2.45) is 0 Å². The third-order valence-corrected chi connectivity index (χ3v) is 5.77. The predicted molar refractivity (Wildman–Crippen MR) is 111 cm³/mol. The highest BCUT2D eigenvalue weighted by molar-refractivity contribution is 5.32. The third-order valence-electron chi connectivity index (χ3n) is 5.77. The molecule has 0 aromatic carbocycles. The molecule has 2 aliphatic rings. The van der Waals surface area contributed by atoms with Gasteiger partial charge in [-0.15, -0.1) is 0 Å². The summed E-state index contributed by atoms with van der Waals surface area (Å²) in [5.41, 5.74) is 1.99. The Morgan fingerprint density at radius 2 is 1.97 bits per heavy atom. The number of rotatable bonds is 7. The summed E-state index contributed by atoms with van der Waals surface area (Å²) in [4.78, 5) is 33.5. The molecular weight excluding hydrogens is 368 g/mol. The van der Waals surface area contributed by atoms with Crippen LogP contribution in [-0.2, 0) is 17.7 Å². The molecule has 2 aromatic heterocycles. The van der Waals surface area contributed by atoms with Gasteiger partial charge in [0, 0.05) is 69.7 Å². The lowest BCUT2D eigenvalue weighted by molar-refractivity contribution is 0.197. The summed E-state index contributed by atoms with van der Waals surface area (Å²) in [5.74, 6) is 1.84. The quantitative estimate of drug-likeness (QED) is 0.760. The van der Waals surface area contributed by atoms with Crippen LogP contribution in [0.25, 0.3) is 0 Å². The van der Waals surface area contributed by atoms with Crippen LogP contribution in [0.2, 0.25) is 0 Å². The predicted octanol–water partition coefficient (Wildman–Crippen LogP) is 1.73. The molecule has 0 spiro atoms. The Hall–Kier alpha value is -2.32. The maximum absolute atomic E-state index is 12.2. The van der Waals surface area contributed by atoms with Crippen molar-refractivity contribution in [3.8, 4) is 0 Å². The van der Waals surface area contributed by atoms with E-state index in [1.165, 1.54) is 0 Å². The number of nitrogens with one attached hydrogen (secondary N) is 1. The van der Waals surface area contributed by atoms with E-state index in [9.17, 15) is 4.79 Å². The number of piperidine rings is 1. The maximum atomic E-state index is 12.2. The minimum absolute atomic E-state index is 0.0472. The topological polar surface area (TPSA) is 87.2 Å². The zero-order valence-electron chi connectivity index (χ0n) is 17.1. The Bertz CT molecular complexity index is 847. The summed E-state index contributed by atoms with van der Waals surface area (Å²) in [6.07, 6.45) is 9.06. The van der Waals surface area contributed by atoms with E-state index in [1.54, 1.807) is 13.2 Å². The lowest BCUT2D eigenvalue weighted by atomic mass is 9.94. The average molecular weight is 399 g/mol. The van der Waals surface area contributed by atoms with Crippen LogP contribution in [-0.4, -0.2) is 64.7 Å². The van der Waals surface area contributed by atoms with Gasteiger partial charge in [-0.3, -0.25) is 14.7 Å². The fourth-order valence-electron chi connectivity index (χ4n) is 4.24. The van der Waals surface area contributed by atoms with E-state index in [4.69, 9.17) is 9.72 Å². The van der Waals surface area contributed by atoms with Gasteiger partial charge in [0.15, 0.2) is 0 Å². The van der Waals surface area contributed by atoms with Gasteiger partial charge in [-0.25, -0.2) is 15.0 Å². The Morgan fingerprint density at radius 1 is 1.17 bits per heavy atom. The van der Waals surface area contributed by atoms with Crippen molar-refractivity contribution < 1.29 is 4.74 Å². The van der Waals surface area contributed by atoms with Gasteiger partial charge in [0.1, 0.15) is 5.82 Å². The molecule has 2 fully saturated rings. The van der Waals surface area contributed by atoms with Crippen LogP contribution in [0.5, 0.6) is 0 Å². The Kier molecular flexibility index (Phi) is 6.51. The lowest BCUT2D eigenvalue weighted by Crippen LogP contribution is -2.35. The second-order valence-corrected chi connectivity index (χ2v) is 8.01. The van der Waals surface area contributed by atoms with E-state index in [1.807, 2.05) is 12.4 Å². The number of nitrogens with zero attached hydrogens (tertiary/aromatic N) is 5. The van der Waals surface area contributed by atoms with Crippen molar-refractivity contribution in [2.75, 3.05) is 44.8 Å². The molecule has 4 heterocycles. The molecule has 2 saturated heterocycles. The highest BCUT2D eigenvalue weighted by Crippen LogP contribution is 2.27. The summed E-state index contributed by atoms with van der Waals surface area (Å²) in [6.45, 7) is 5.36. The molecule has 29 heavy (non-hydrogen) atoms. The largest absolute Gasteiger partial charge is 0.384 e. The molecule has 8 nitrogen and oxygen atoms in total. The Morgan fingerprint density at radius 3 is 2.72 bits per heavy atom. The van der Waals surface area contributed by atoms with Gasteiger partial charge >= 0.3 is 0 Å². The van der Waals surface area contributed by atoms with Crippen LogP contribution >= 0.6 is 0 Å². The van der Waals surface area contributed by atoms with Gasteiger partial charge in [0.2, 0.25) is 5.95 Å². The van der Waals surface area contributed by atoms with Gasteiger partial charge in [0.05, 0.1) is 12.3 Å². The Balaban J connectivity index is 1.41. The first-order chi connectivity index (χ1) is 14.2. The molecule has 156 valence electrons. The molecule has 1 N–H and O–H groups in total. The van der Waals surface area contributed by atoms with Crippen LogP contribution in [0.1, 0.15) is 48.7 Å².